The van der Waals surface area contributed by atoms with E-state index >= 15 is 0 Å². The zero-order valence-corrected chi connectivity index (χ0v) is 27.7. The number of carboxylic acids is 1. The lowest BCUT2D eigenvalue weighted by molar-refractivity contribution is -0.160. The monoisotopic (exact) mass is 704 g/mol. The third kappa shape index (κ3) is 7.30. The minimum atomic E-state index is -1.31. The molecular formula is C26H28N10O8S3. The van der Waals surface area contributed by atoms with E-state index in [0.717, 1.165) is 16.2 Å². The first-order valence-electron chi connectivity index (χ1n) is 13.6. The summed E-state index contributed by atoms with van der Waals surface area (Å²) in [5, 5.41) is 22.0. The van der Waals surface area contributed by atoms with Crippen molar-refractivity contribution in [2.24, 2.45) is 10.9 Å². The summed E-state index contributed by atoms with van der Waals surface area (Å²) < 4.78 is 6.51. The summed E-state index contributed by atoms with van der Waals surface area (Å²) in [7, 11) is 0. The third-order valence-electron chi connectivity index (χ3n) is 6.30. The van der Waals surface area contributed by atoms with E-state index in [1.807, 2.05) is 0 Å². The first-order chi connectivity index (χ1) is 22.1. The van der Waals surface area contributed by atoms with Gasteiger partial charge in [0.1, 0.15) is 33.4 Å². The molecule has 0 bridgehead atoms. The maximum atomic E-state index is 13.3. The van der Waals surface area contributed by atoms with Crippen LogP contribution < -0.4 is 16.8 Å². The lowest BCUT2D eigenvalue weighted by Gasteiger charge is -2.49. The lowest BCUT2D eigenvalue weighted by Crippen LogP contribution is -2.71. The smallest absolute Gasteiger partial charge is 0.352 e. The van der Waals surface area contributed by atoms with Gasteiger partial charge in [0, 0.05) is 22.6 Å². The fraction of sp³-hybridized carbons (Fsp3) is 0.385. The third-order valence-corrected chi connectivity index (χ3v) is 9.39. The number of carbonyl (C=O) groups excluding carboxylic acids is 4. The van der Waals surface area contributed by atoms with Crippen LogP contribution in [-0.2, 0) is 28.8 Å². The Labute approximate surface area is 278 Å². The van der Waals surface area contributed by atoms with E-state index in [1.165, 1.54) is 33.4 Å². The van der Waals surface area contributed by atoms with Crippen LogP contribution in [0.4, 0.5) is 5.13 Å². The van der Waals surface area contributed by atoms with Crippen molar-refractivity contribution in [3.8, 4) is 0 Å². The number of aryl methyl sites for hydroxylation is 1. The normalized spacial score (nSPS) is 18.1. The Bertz CT molecular complexity index is 1860. The van der Waals surface area contributed by atoms with Gasteiger partial charge in [0.05, 0.1) is 0 Å². The maximum absolute atomic E-state index is 13.3. The highest BCUT2D eigenvalue weighted by atomic mass is 32.2. The molecule has 248 valence electrons. The van der Waals surface area contributed by atoms with Crippen molar-refractivity contribution < 1.29 is 38.7 Å². The molecule has 3 amide bonds. The van der Waals surface area contributed by atoms with Crippen molar-refractivity contribution in [3.63, 3.8) is 0 Å². The summed E-state index contributed by atoms with van der Waals surface area (Å²) >= 11 is 3.53. The van der Waals surface area contributed by atoms with Crippen LogP contribution in [0.2, 0.25) is 0 Å². The summed E-state index contributed by atoms with van der Waals surface area (Å²) in [5.74, 6) is -4.02. The molecule has 2 atom stereocenters. The molecule has 2 aliphatic heterocycles. The van der Waals surface area contributed by atoms with Gasteiger partial charge in [-0.1, -0.05) is 5.16 Å². The number of nitrogen functional groups attached to an aromatic ring is 1. The molecule has 2 aliphatic rings. The highest BCUT2D eigenvalue weighted by Gasteiger charge is 2.54. The Balaban J connectivity index is 1.31. The van der Waals surface area contributed by atoms with Gasteiger partial charge in [-0.25, -0.2) is 19.6 Å². The Hall–Kier alpha value is -4.76. The van der Waals surface area contributed by atoms with E-state index < -0.39 is 53.3 Å². The van der Waals surface area contributed by atoms with Crippen molar-refractivity contribution in [2.45, 2.75) is 49.7 Å². The molecule has 6 N–H and O–H groups in total. The Morgan fingerprint density at radius 2 is 1.98 bits per heavy atom. The quantitative estimate of drug-likeness (QED) is 0.0518. The van der Waals surface area contributed by atoms with Gasteiger partial charge in [-0.05, 0) is 39.3 Å². The molecule has 0 radical (unpaired) electrons. The summed E-state index contributed by atoms with van der Waals surface area (Å²) in [5.41, 5.74) is 10.8. The van der Waals surface area contributed by atoms with Crippen LogP contribution in [0, 0.1) is 6.92 Å². The maximum Gasteiger partial charge on any atom is 0.352 e. The molecular weight excluding hydrogens is 677 g/mol. The number of hydrogen-bond donors (Lipinski definition) is 4. The van der Waals surface area contributed by atoms with E-state index in [4.69, 9.17) is 21.0 Å². The number of amides is 3. The predicted molar refractivity (Wildman–Crippen MR) is 169 cm³/mol. The molecule has 47 heavy (non-hydrogen) atoms. The molecule has 0 unspecified atom stereocenters. The number of nitrogens with two attached hydrogens (primary N) is 2. The van der Waals surface area contributed by atoms with Crippen LogP contribution in [0.25, 0.3) is 5.78 Å². The second kappa shape index (κ2) is 13.2. The SMILES string of the molecule is Cc1cc(SCC2=C(C(=O)O)N3C(=O)[C@@H](NC(=O)C(=NOCC(=O)OC(C)(C)C)c4csc(N)n4)[C@H]3SC2)n2nc(C(N)=O)nc2n1. The van der Waals surface area contributed by atoms with Crippen LogP contribution in [-0.4, -0.2) is 105 Å². The molecule has 0 aliphatic carbocycles. The number of rotatable bonds is 11. The highest BCUT2D eigenvalue weighted by molar-refractivity contribution is 8.01. The number of aromatic nitrogens is 5. The first kappa shape index (κ1) is 33.6. The van der Waals surface area contributed by atoms with E-state index in [9.17, 15) is 29.1 Å². The number of fused-ring (bicyclic) bond motifs is 2. The van der Waals surface area contributed by atoms with Crippen LogP contribution in [0.15, 0.2) is 32.9 Å². The van der Waals surface area contributed by atoms with Gasteiger partial charge in [0.2, 0.25) is 12.4 Å². The van der Waals surface area contributed by atoms with Crippen molar-refractivity contribution in [2.75, 3.05) is 23.8 Å². The number of β-lactam (4-membered cyclic amide) rings is 1. The minimum absolute atomic E-state index is 0.0512. The molecule has 0 spiro atoms. The summed E-state index contributed by atoms with van der Waals surface area (Å²) in [6.45, 7) is 6.18. The van der Waals surface area contributed by atoms with Crippen molar-refractivity contribution >= 4 is 81.1 Å². The number of thiazole rings is 1. The number of nitrogens with one attached hydrogen (secondary N) is 1. The van der Waals surface area contributed by atoms with Crippen molar-refractivity contribution in [1.29, 1.82) is 0 Å². The highest BCUT2D eigenvalue weighted by Crippen LogP contribution is 2.41. The van der Waals surface area contributed by atoms with E-state index in [0.29, 0.717) is 16.3 Å². The first-order valence-corrected chi connectivity index (χ1v) is 16.6. The number of hydrogen-bond acceptors (Lipinski definition) is 16. The van der Waals surface area contributed by atoms with E-state index in [-0.39, 0.29) is 45.3 Å². The van der Waals surface area contributed by atoms with E-state index in [2.05, 4.69) is 30.5 Å². The molecule has 0 saturated carbocycles. The average molecular weight is 705 g/mol. The number of nitrogens with zero attached hydrogens (tertiary/aromatic N) is 7. The van der Waals surface area contributed by atoms with Crippen LogP contribution in [0.1, 0.15) is 42.8 Å². The van der Waals surface area contributed by atoms with Gasteiger partial charge in [0.15, 0.2) is 10.8 Å². The fourth-order valence-corrected chi connectivity index (χ4v) is 7.53. The number of oxime groups is 1. The minimum Gasteiger partial charge on any atom is -0.477 e. The Morgan fingerprint density at radius 3 is 2.62 bits per heavy atom. The van der Waals surface area contributed by atoms with Gasteiger partial charge in [-0.15, -0.1) is 40.0 Å². The molecule has 21 heteroatoms. The fourth-order valence-electron chi connectivity index (χ4n) is 4.45. The molecule has 0 aromatic carbocycles. The molecule has 3 aromatic rings. The van der Waals surface area contributed by atoms with Crippen LogP contribution >= 0.6 is 34.9 Å². The number of aliphatic carboxylic acids is 1. The summed E-state index contributed by atoms with van der Waals surface area (Å²) in [6, 6.07) is 0.608. The number of esters is 1. The van der Waals surface area contributed by atoms with Gasteiger partial charge >= 0.3 is 11.9 Å². The Morgan fingerprint density at radius 1 is 1.23 bits per heavy atom. The van der Waals surface area contributed by atoms with Gasteiger partial charge < -0.3 is 31.5 Å². The van der Waals surface area contributed by atoms with Crippen molar-refractivity contribution in [1.82, 2.24) is 34.8 Å². The molecule has 1 fully saturated rings. The number of carboxylic acid groups (broad SMARTS) is 1. The number of primary amides is 1. The topological polar surface area (TPSA) is 260 Å². The number of ether oxygens (including phenoxy) is 1. The van der Waals surface area contributed by atoms with Gasteiger partial charge in [-0.3, -0.25) is 19.3 Å². The van der Waals surface area contributed by atoms with Crippen molar-refractivity contribution in [3.05, 3.63) is 39.9 Å². The zero-order chi connectivity index (χ0) is 34.2. The van der Waals surface area contributed by atoms with Gasteiger partial charge in [0.25, 0.3) is 23.5 Å². The molecule has 3 aromatic heterocycles. The predicted octanol–water partition coefficient (Wildman–Crippen LogP) is 0.164. The number of carbonyl (C=O) groups is 5. The number of anilines is 1. The summed E-state index contributed by atoms with van der Waals surface area (Å²) in [4.78, 5) is 81.2. The lowest BCUT2D eigenvalue weighted by atomic mass is 10.0. The average Bonchev–Trinajstić information content (AvgIpc) is 3.61. The second-order valence-corrected chi connectivity index (χ2v) is 14.0. The Kier molecular flexibility index (Phi) is 9.41. The summed E-state index contributed by atoms with van der Waals surface area (Å²) in [6.07, 6.45) is 0. The molecule has 5 heterocycles. The van der Waals surface area contributed by atoms with Crippen LogP contribution in [0.3, 0.4) is 0 Å². The molecule has 5 rings (SSSR count). The van der Waals surface area contributed by atoms with Gasteiger partial charge in [-0.2, -0.15) is 9.50 Å². The molecule has 1 saturated heterocycles. The largest absolute Gasteiger partial charge is 0.477 e. The second-order valence-electron chi connectivity index (χ2n) is 11.0. The van der Waals surface area contributed by atoms with E-state index in [1.54, 1.807) is 33.8 Å². The number of thioether (sulfide) groups is 2. The molecule has 18 nitrogen and oxygen atoms in total. The standard InChI is InChI=1S/C26H28N10O8S3/c1-10-5-13(36-25(29-10)32-19(33-36)18(27)38)45-7-11-8-46-22-16(21(40)35(22)17(11)23(41)42)31-20(39)15(12-9-47-24(28)30-12)34-43-6-14(37)44-26(2,3)4/h5,9,16,22H,6-8H2,1-4H3,(H2,27,38)(H2,28,30)(H,31,39)(H,41,42)/t16-,22-/m1/s1. The zero-order valence-electron chi connectivity index (χ0n) is 25.2. The van der Waals surface area contributed by atoms with Crippen LogP contribution in [0.5, 0.6) is 0 Å².